The molecular weight excluding hydrogens is 228 g/mol. The minimum absolute atomic E-state index is 0.00863. The molecule has 0 aromatic heterocycles. The zero-order chi connectivity index (χ0) is 13.0. The Morgan fingerprint density at radius 1 is 1.33 bits per heavy atom. The van der Waals surface area contributed by atoms with Crippen LogP contribution in [0.2, 0.25) is 0 Å². The summed E-state index contributed by atoms with van der Waals surface area (Å²) in [6, 6.07) is 0. The second-order valence-corrected chi connectivity index (χ2v) is 5.06. The molecule has 1 spiro atoms. The lowest BCUT2D eigenvalue weighted by molar-refractivity contribution is -0.138. The molecule has 1 N–H and O–H groups in total. The minimum Gasteiger partial charge on any atom is -0.342 e. The van der Waals surface area contributed by atoms with E-state index in [1.165, 1.54) is 0 Å². The van der Waals surface area contributed by atoms with E-state index in [1.807, 2.05) is 4.90 Å². The summed E-state index contributed by atoms with van der Waals surface area (Å²) < 4.78 is 0. The van der Waals surface area contributed by atoms with Crippen molar-refractivity contribution in [2.24, 2.45) is 0 Å². The number of carbonyl (C=O) groups is 2. The smallest absolute Gasteiger partial charge is 0.248 e. The van der Waals surface area contributed by atoms with Gasteiger partial charge in [0.05, 0.1) is 0 Å². The van der Waals surface area contributed by atoms with Gasteiger partial charge in [0.15, 0.2) is 0 Å². The van der Waals surface area contributed by atoms with Crippen molar-refractivity contribution in [1.29, 1.82) is 0 Å². The van der Waals surface area contributed by atoms with Crippen LogP contribution in [0.5, 0.6) is 0 Å². The first-order chi connectivity index (χ1) is 8.68. The van der Waals surface area contributed by atoms with Gasteiger partial charge in [0.2, 0.25) is 11.8 Å². The van der Waals surface area contributed by atoms with Crippen LogP contribution in [0.3, 0.4) is 0 Å². The molecule has 1 aliphatic heterocycles. The zero-order valence-electron chi connectivity index (χ0n) is 10.9. The van der Waals surface area contributed by atoms with Crippen molar-refractivity contribution in [3.05, 3.63) is 0 Å². The SMILES string of the molecule is CC#CCCN1CCC(=O)NC2(CCCC2)C1=O. The molecule has 0 bridgehead atoms. The summed E-state index contributed by atoms with van der Waals surface area (Å²) in [7, 11) is 0. The van der Waals surface area contributed by atoms with Crippen molar-refractivity contribution in [3.63, 3.8) is 0 Å². The number of amides is 2. The monoisotopic (exact) mass is 248 g/mol. The first-order valence-electron chi connectivity index (χ1n) is 6.68. The lowest BCUT2D eigenvalue weighted by Crippen LogP contribution is -2.55. The fourth-order valence-electron chi connectivity index (χ4n) is 2.87. The molecule has 2 amide bonds. The third-order valence-electron chi connectivity index (χ3n) is 3.82. The average molecular weight is 248 g/mol. The summed E-state index contributed by atoms with van der Waals surface area (Å²) in [5.74, 6) is 5.92. The van der Waals surface area contributed by atoms with Gasteiger partial charge in [-0.2, -0.15) is 0 Å². The lowest BCUT2D eigenvalue weighted by atomic mass is 9.96. The van der Waals surface area contributed by atoms with E-state index in [2.05, 4.69) is 17.2 Å². The van der Waals surface area contributed by atoms with Gasteiger partial charge >= 0.3 is 0 Å². The Hall–Kier alpha value is -1.50. The van der Waals surface area contributed by atoms with Crippen LogP contribution < -0.4 is 5.32 Å². The fraction of sp³-hybridized carbons (Fsp3) is 0.714. The molecule has 1 aliphatic carbocycles. The Bertz CT molecular complexity index is 400. The van der Waals surface area contributed by atoms with Crippen molar-refractivity contribution >= 4 is 11.8 Å². The molecule has 1 saturated carbocycles. The van der Waals surface area contributed by atoms with Crippen molar-refractivity contribution in [1.82, 2.24) is 10.2 Å². The molecule has 1 saturated heterocycles. The third-order valence-corrected chi connectivity index (χ3v) is 3.82. The fourth-order valence-corrected chi connectivity index (χ4v) is 2.87. The van der Waals surface area contributed by atoms with Crippen molar-refractivity contribution in [2.45, 2.75) is 51.0 Å². The molecule has 2 aliphatic rings. The Morgan fingerprint density at radius 3 is 2.72 bits per heavy atom. The predicted molar refractivity (Wildman–Crippen MR) is 68.6 cm³/mol. The van der Waals surface area contributed by atoms with Crippen LogP contribution in [0.1, 0.15) is 45.4 Å². The van der Waals surface area contributed by atoms with Gasteiger partial charge in [-0.1, -0.05) is 12.8 Å². The summed E-state index contributed by atoms with van der Waals surface area (Å²) in [6.45, 7) is 2.96. The van der Waals surface area contributed by atoms with Gasteiger partial charge in [0.1, 0.15) is 5.54 Å². The van der Waals surface area contributed by atoms with Gasteiger partial charge in [0.25, 0.3) is 0 Å². The van der Waals surface area contributed by atoms with Crippen LogP contribution in [0.25, 0.3) is 0 Å². The van der Waals surface area contributed by atoms with Crippen LogP contribution in [0, 0.1) is 11.8 Å². The van der Waals surface area contributed by atoms with Crippen LogP contribution in [-0.2, 0) is 9.59 Å². The first kappa shape index (κ1) is 12.9. The molecule has 4 heteroatoms. The van der Waals surface area contributed by atoms with Gasteiger partial charge in [-0.05, 0) is 19.8 Å². The van der Waals surface area contributed by atoms with Crippen molar-refractivity contribution in [3.8, 4) is 11.8 Å². The van der Waals surface area contributed by atoms with E-state index in [1.54, 1.807) is 6.92 Å². The van der Waals surface area contributed by atoms with Crippen LogP contribution >= 0.6 is 0 Å². The standard InChI is InChI=1S/C14H20N2O2/c1-2-3-6-10-16-11-7-12(17)15-14(13(16)18)8-4-5-9-14/h4-11H2,1H3,(H,15,17). The van der Waals surface area contributed by atoms with Gasteiger partial charge in [-0.25, -0.2) is 0 Å². The molecule has 1 heterocycles. The number of hydrogen-bond donors (Lipinski definition) is 1. The highest BCUT2D eigenvalue weighted by molar-refractivity contribution is 5.93. The third kappa shape index (κ3) is 2.50. The van der Waals surface area contributed by atoms with E-state index in [-0.39, 0.29) is 11.8 Å². The Kier molecular flexibility index (Phi) is 3.90. The lowest BCUT2D eigenvalue weighted by Gasteiger charge is -2.31. The van der Waals surface area contributed by atoms with E-state index in [9.17, 15) is 9.59 Å². The van der Waals surface area contributed by atoms with Crippen molar-refractivity contribution < 1.29 is 9.59 Å². The maximum atomic E-state index is 12.6. The topological polar surface area (TPSA) is 49.4 Å². The number of rotatable bonds is 2. The molecule has 0 unspecified atom stereocenters. The van der Waals surface area contributed by atoms with E-state index in [4.69, 9.17) is 0 Å². The molecule has 0 radical (unpaired) electrons. The maximum absolute atomic E-state index is 12.6. The normalized spacial score (nSPS) is 22.4. The number of nitrogens with one attached hydrogen (secondary N) is 1. The minimum atomic E-state index is -0.604. The quantitative estimate of drug-likeness (QED) is 0.743. The second kappa shape index (κ2) is 5.43. The summed E-state index contributed by atoms with van der Waals surface area (Å²) >= 11 is 0. The van der Waals surface area contributed by atoms with E-state index in [0.717, 1.165) is 25.7 Å². The van der Waals surface area contributed by atoms with Crippen molar-refractivity contribution in [2.75, 3.05) is 13.1 Å². The molecule has 2 rings (SSSR count). The van der Waals surface area contributed by atoms with E-state index < -0.39 is 5.54 Å². The number of carbonyl (C=O) groups excluding carboxylic acids is 2. The predicted octanol–water partition coefficient (Wildman–Crippen LogP) is 1.06. The molecule has 98 valence electrons. The van der Waals surface area contributed by atoms with Crippen LogP contribution in [0.15, 0.2) is 0 Å². The van der Waals surface area contributed by atoms with Gasteiger partial charge < -0.3 is 10.2 Å². The van der Waals surface area contributed by atoms with Gasteiger partial charge in [-0.3, -0.25) is 9.59 Å². The van der Waals surface area contributed by atoms with Gasteiger partial charge in [0, 0.05) is 25.9 Å². The number of nitrogens with zero attached hydrogens (tertiary/aromatic N) is 1. The molecular formula is C14H20N2O2. The second-order valence-electron chi connectivity index (χ2n) is 5.06. The first-order valence-corrected chi connectivity index (χ1v) is 6.68. The van der Waals surface area contributed by atoms with Crippen LogP contribution in [0.4, 0.5) is 0 Å². The Labute approximate surface area is 108 Å². The average Bonchev–Trinajstić information content (AvgIpc) is 2.78. The molecule has 0 atom stereocenters. The molecule has 0 aromatic rings. The van der Waals surface area contributed by atoms with Crippen LogP contribution in [-0.4, -0.2) is 35.3 Å². The summed E-state index contributed by atoms with van der Waals surface area (Å²) in [6.07, 6.45) is 4.71. The molecule has 4 nitrogen and oxygen atoms in total. The molecule has 2 fully saturated rings. The zero-order valence-corrected chi connectivity index (χ0v) is 10.9. The van der Waals surface area contributed by atoms with Gasteiger partial charge in [-0.15, -0.1) is 11.8 Å². The Balaban J connectivity index is 2.12. The molecule has 0 aromatic carbocycles. The van der Waals surface area contributed by atoms with E-state index >= 15 is 0 Å². The summed E-state index contributed by atoms with van der Waals surface area (Å²) in [5.41, 5.74) is -0.604. The largest absolute Gasteiger partial charge is 0.342 e. The summed E-state index contributed by atoms with van der Waals surface area (Å²) in [4.78, 5) is 26.1. The highest BCUT2D eigenvalue weighted by Crippen LogP contribution is 2.32. The molecule has 18 heavy (non-hydrogen) atoms. The summed E-state index contributed by atoms with van der Waals surface area (Å²) in [5, 5.41) is 2.96. The van der Waals surface area contributed by atoms with E-state index in [0.29, 0.717) is 25.9 Å². The maximum Gasteiger partial charge on any atom is 0.248 e. The Morgan fingerprint density at radius 2 is 2.06 bits per heavy atom. The highest BCUT2D eigenvalue weighted by Gasteiger charge is 2.46. The highest BCUT2D eigenvalue weighted by atomic mass is 16.2. The number of hydrogen-bond acceptors (Lipinski definition) is 2.